The van der Waals surface area contributed by atoms with Gasteiger partial charge in [0.15, 0.2) is 0 Å². The number of oxime groups is 1. The Labute approximate surface area is 105 Å². The topological polar surface area (TPSA) is 38.7 Å². The minimum Gasteiger partial charge on any atom is -0.318 e. The third-order valence-corrected chi connectivity index (χ3v) is 2.65. The second kappa shape index (κ2) is 6.02. The van der Waals surface area contributed by atoms with Crippen LogP contribution in [0.1, 0.15) is 12.5 Å². The molecule has 0 amide bonds. The van der Waals surface area contributed by atoms with Crippen LogP contribution in [-0.2, 0) is 9.63 Å². The van der Waals surface area contributed by atoms with Crippen LogP contribution in [0.5, 0.6) is 0 Å². The molecular formula is C10H9Br2NO2. The van der Waals surface area contributed by atoms with Gasteiger partial charge in [-0.3, -0.25) is 0 Å². The summed E-state index contributed by atoms with van der Waals surface area (Å²) < 4.78 is 0.993. The van der Waals surface area contributed by atoms with Crippen molar-refractivity contribution in [3.05, 3.63) is 34.3 Å². The van der Waals surface area contributed by atoms with Crippen LogP contribution in [0.4, 0.5) is 0 Å². The van der Waals surface area contributed by atoms with E-state index in [4.69, 9.17) is 0 Å². The van der Waals surface area contributed by atoms with Gasteiger partial charge in [-0.1, -0.05) is 49.1 Å². The second-order valence-corrected chi connectivity index (χ2v) is 4.24. The van der Waals surface area contributed by atoms with E-state index in [0.717, 1.165) is 10.0 Å². The number of hydrogen-bond donors (Lipinski definition) is 0. The van der Waals surface area contributed by atoms with Gasteiger partial charge in [0.2, 0.25) is 0 Å². The largest absolute Gasteiger partial charge is 0.331 e. The lowest BCUT2D eigenvalue weighted by molar-refractivity contribution is -0.140. The van der Waals surface area contributed by atoms with Crippen molar-refractivity contribution in [2.24, 2.45) is 5.16 Å². The maximum atomic E-state index is 10.6. The summed E-state index contributed by atoms with van der Waals surface area (Å²) in [7, 11) is 0. The first-order chi connectivity index (χ1) is 7.13. The van der Waals surface area contributed by atoms with Crippen molar-refractivity contribution in [3.63, 3.8) is 0 Å². The Balaban J connectivity index is 2.87. The Hall–Kier alpha value is -0.680. The van der Waals surface area contributed by atoms with Crippen molar-refractivity contribution < 1.29 is 9.63 Å². The van der Waals surface area contributed by atoms with E-state index in [1.165, 1.54) is 6.92 Å². The van der Waals surface area contributed by atoms with Gasteiger partial charge in [-0.25, -0.2) is 4.79 Å². The summed E-state index contributed by atoms with van der Waals surface area (Å²) >= 11 is 6.63. The molecule has 0 spiro atoms. The third-order valence-electron chi connectivity index (χ3n) is 1.59. The number of rotatable bonds is 3. The van der Waals surface area contributed by atoms with Crippen molar-refractivity contribution in [1.29, 1.82) is 0 Å². The fourth-order valence-electron chi connectivity index (χ4n) is 0.916. The van der Waals surface area contributed by atoms with E-state index >= 15 is 0 Å². The van der Waals surface area contributed by atoms with Gasteiger partial charge in [0.05, 0.1) is 5.71 Å². The predicted octanol–water partition coefficient (Wildman–Crippen LogP) is 3.11. The molecule has 0 N–H and O–H groups in total. The molecule has 1 aromatic carbocycles. The van der Waals surface area contributed by atoms with Gasteiger partial charge in [-0.05, 0) is 12.1 Å². The molecule has 0 bridgehead atoms. The summed E-state index contributed by atoms with van der Waals surface area (Å²) in [4.78, 5) is 15.2. The second-order valence-electron chi connectivity index (χ2n) is 2.76. The van der Waals surface area contributed by atoms with Crippen LogP contribution in [0, 0.1) is 0 Å². The van der Waals surface area contributed by atoms with Gasteiger partial charge in [0.1, 0.15) is 0 Å². The zero-order chi connectivity index (χ0) is 11.3. The van der Waals surface area contributed by atoms with Crippen molar-refractivity contribution in [3.8, 4) is 0 Å². The van der Waals surface area contributed by atoms with E-state index in [2.05, 4.69) is 41.9 Å². The number of hydrogen-bond acceptors (Lipinski definition) is 3. The van der Waals surface area contributed by atoms with E-state index in [1.54, 1.807) is 0 Å². The standard InChI is InChI=1S/C10H9Br2NO2/c1-7(14)15-13-10(6-11)8-2-4-9(12)5-3-8/h2-5H,6H2,1H3. The van der Waals surface area contributed by atoms with Crippen molar-refractivity contribution >= 4 is 43.5 Å². The molecule has 0 aliphatic rings. The first-order valence-corrected chi connectivity index (χ1v) is 6.11. The van der Waals surface area contributed by atoms with Gasteiger partial charge in [-0.15, -0.1) is 0 Å². The first-order valence-electron chi connectivity index (χ1n) is 4.20. The number of carbonyl (C=O) groups is 1. The third kappa shape index (κ3) is 4.13. The molecule has 0 aliphatic carbocycles. The minimum atomic E-state index is -0.425. The highest BCUT2D eigenvalue weighted by Gasteiger charge is 2.03. The molecule has 0 atom stereocenters. The smallest absolute Gasteiger partial charge is 0.318 e. The van der Waals surface area contributed by atoms with E-state index < -0.39 is 5.97 Å². The molecule has 80 valence electrons. The average Bonchev–Trinajstić information content (AvgIpc) is 2.21. The molecule has 0 aromatic heterocycles. The Morgan fingerprint density at radius 1 is 1.40 bits per heavy atom. The highest BCUT2D eigenvalue weighted by atomic mass is 79.9. The van der Waals surface area contributed by atoms with E-state index in [-0.39, 0.29) is 0 Å². The lowest BCUT2D eigenvalue weighted by Crippen LogP contribution is -2.05. The van der Waals surface area contributed by atoms with Gasteiger partial charge < -0.3 is 4.84 Å². The van der Waals surface area contributed by atoms with Gasteiger partial charge in [0, 0.05) is 22.3 Å². The molecule has 0 aliphatic heterocycles. The van der Waals surface area contributed by atoms with E-state index in [9.17, 15) is 4.79 Å². The zero-order valence-electron chi connectivity index (χ0n) is 8.04. The molecular weight excluding hydrogens is 326 g/mol. The van der Waals surface area contributed by atoms with Crippen LogP contribution >= 0.6 is 31.9 Å². The van der Waals surface area contributed by atoms with Crippen LogP contribution < -0.4 is 0 Å². The molecule has 0 saturated heterocycles. The van der Waals surface area contributed by atoms with Crippen LogP contribution in [0.3, 0.4) is 0 Å². The summed E-state index contributed by atoms with van der Waals surface area (Å²) in [5.74, 6) is -0.425. The molecule has 3 nitrogen and oxygen atoms in total. The summed E-state index contributed by atoms with van der Waals surface area (Å²) in [5, 5.41) is 4.28. The molecule has 1 aromatic rings. The Bertz CT molecular complexity index is 374. The Kier molecular flexibility index (Phi) is 4.98. The summed E-state index contributed by atoms with van der Waals surface area (Å²) in [6.45, 7) is 1.32. The van der Waals surface area contributed by atoms with Gasteiger partial charge in [-0.2, -0.15) is 0 Å². The fourth-order valence-corrected chi connectivity index (χ4v) is 1.61. The number of nitrogens with zero attached hydrogens (tertiary/aromatic N) is 1. The summed E-state index contributed by atoms with van der Waals surface area (Å²) in [5.41, 5.74) is 1.59. The average molecular weight is 335 g/mol. The number of alkyl halides is 1. The fraction of sp³-hybridized carbons (Fsp3) is 0.200. The molecule has 1 rings (SSSR count). The molecule has 0 heterocycles. The minimum absolute atomic E-state index is 0.425. The molecule has 0 saturated carbocycles. The van der Waals surface area contributed by atoms with Crippen LogP contribution in [-0.4, -0.2) is 17.0 Å². The normalized spacial score (nSPS) is 11.3. The predicted molar refractivity (Wildman–Crippen MR) is 66.2 cm³/mol. The van der Waals surface area contributed by atoms with Crippen molar-refractivity contribution in [2.45, 2.75) is 6.92 Å². The molecule has 0 fully saturated rings. The first kappa shape index (κ1) is 12.4. The SMILES string of the molecule is CC(=O)ON=C(CBr)c1ccc(Br)cc1. The quantitative estimate of drug-likeness (QED) is 0.369. The maximum Gasteiger partial charge on any atom is 0.331 e. The lowest BCUT2D eigenvalue weighted by atomic mass is 10.1. The highest BCUT2D eigenvalue weighted by Crippen LogP contribution is 2.12. The Morgan fingerprint density at radius 2 is 2.00 bits per heavy atom. The highest BCUT2D eigenvalue weighted by molar-refractivity contribution is 9.10. The number of halogens is 2. The monoisotopic (exact) mass is 333 g/mol. The summed E-state index contributed by atoms with van der Waals surface area (Å²) in [6, 6.07) is 7.60. The molecule has 0 radical (unpaired) electrons. The molecule has 5 heteroatoms. The Morgan fingerprint density at radius 3 is 2.47 bits per heavy atom. The van der Waals surface area contributed by atoms with Gasteiger partial charge in [0.25, 0.3) is 0 Å². The van der Waals surface area contributed by atoms with Crippen LogP contribution in [0.15, 0.2) is 33.9 Å². The summed E-state index contributed by atoms with van der Waals surface area (Å²) in [6.07, 6.45) is 0. The lowest BCUT2D eigenvalue weighted by Gasteiger charge is -2.02. The molecule has 15 heavy (non-hydrogen) atoms. The van der Waals surface area contributed by atoms with Crippen molar-refractivity contribution in [1.82, 2.24) is 0 Å². The molecule has 0 unspecified atom stereocenters. The van der Waals surface area contributed by atoms with E-state index in [1.807, 2.05) is 24.3 Å². The van der Waals surface area contributed by atoms with E-state index in [0.29, 0.717) is 11.0 Å². The number of benzene rings is 1. The maximum absolute atomic E-state index is 10.6. The number of carbonyl (C=O) groups excluding carboxylic acids is 1. The van der Waals surface area contributed by atoms with Gasteiger partial charge >= 0.3 is 5.97 Å². The zero-order valence-corrected chi connectivity index (χ0v) is 11.2. The van der Waals surface area contributed by atoms with Crippen molar-refractivity contribution in [2.75, 3.05) is 5.33 Å². The van der Waals surface area contributed by atoms with Crippen LogP contribution in [0.25, 0.3) is 0 Å². The van der Waals surface area contributed by atoms with Crippen LogP contribution in [0.2, 0.25) is 0 Å².